The van der Waals surface area contributed by atoms with Gasteiger partial charge < -0.3 is 69.1 Å². The van der Waals surface area contributed by atoms with Crippen molar-refractivity contribution >= 4 is 143 Å². The topological polar surface area (TPSA) is 291 Å². The molecule has 22 nitrogen and oxygen atoms in total. The highest BCUT2D eigenvalue weighted by molar-refractivity contribution is 9.11. The summed E-state index contributed by atoms with van der Waals surface area (Å²) in [5.41, 5.74) is -1.16. The molecule has 0 bridgehead atoms. The second-order valence-electron chi connectivity index (χ2n) is 23.0. The van der Waals surface area contributed by atoms with Gasteiger partial charge in [-0.15, -0.1) is 0 Å². The van der Waals surface area contributed by atoms with Crippen LogP contribution >= 0.6 is 95.6 Å². The number of halogens is 6. The Hall–Kier alpha value is -2.02. The molecule has 0 aliphatic heterocycles. The van der Waals surface area contributed by atoms with Crippen LogP contribution in [0, 0.1) is 21.7 Å². The van der Waals surface area contributed by atoms with E-state index in [2.05, 4.69) is 112 Å². The monoisotopic (exact) mass is 1530 g/mol. The predicted octanol–water partition coefficient (Wildman–Crippen LogP) is 6.02. The van der Waals surface area contributed by atoms with E-state index in [4.69, 9.17) is 53.1 Å². The average molecular weight is 1530 g/mol. The fraction of sp³-hybridized carbons (Fsp3) is 0.808. The van der Waals surface area contributed by atoms with Crippen LogP contribution in [0.15, 0.2) is 11.8 Å². The van der Waals surface area contributed by atoms with Crippen molar-refractivity contribution in [3.63, 3.8) is 0 Å². The van der Waals surface area contributed by atoms with Crippen LogP contribution in [0.2, 0.25) is 0 Å². The van der Waals surface area contributed by atoms with Crippen LogP contribution in [-0.4, -0.2) is 192 Å². The Labute approximate surface area is 521 Å². The van der Waals surface area contributed by atoms with Crippen LogP contribution in [0.5, 0.6) is 0 Å². The molecule has 1 rings (SSSR count). The molecule has 5 N–H and O–H groups in total. The van der Waals surface area contributed by atoms with Gasteiger partial charge in [0.2, 0.25) is 17.7 Å². The van der Waals surface area contributed by atoms with E-state index in [1.807, 2.05) is 6.92 Å². The maximum absolute atomic E-state index is 14.8. The van der Waals surface area contributed by atoms with E-state index in [1.165, 1.54) is 20.8 Å². The van der Waals surface area contributed by atoms with E-state index in [9.17, 15) is 38.4 Å². The van der Waals surface area contributed by atoms with Gasteiger partial charge in [-0.1, -0.05) is 95.6 Å². The summed E-state index contributed by atoms with van der Waals surface area (Å²) < 4.78 is 50.7. The third kappa shape index (κ3) is 27.8. The van der Waals surface area contributed by atoms with Crippen LogP contribution in [0.25, 0.3) is 0 Å². The van der Waals surface area contributed by atoms with Crippen LogP contribution < -0.4 is 21.7 Å². The van der Waals surface area contributed by atoms with Crippen molar-refractivity contribution in [2.24, 2.45) is 27.4 Å². The van der Waals surface area contributed by atoms with E-state index < -0.39 is 141 Å². The lowest BCUT2D eigenvalue weighted by Crippen LogP contribution is -2.59. The number of rotatable bonds is 40. The molecule has 0 spiro atoms. The van der Waals surface area contributed by atoms with Crippen molar-refractivity contribution in [3.8, 4) is 0 Å². The molecule has 3 amide bonds. The molecule has 0 saturated heterocycles. The van der Waals surface area contributed by atoms with Crippen molar-refractivity contribution in [1.29, 1.82) is 0 Å². The summed E-state index contributed by atoms with van der Waals surface area (Å²) in [5, 5.41) is 8.70. The predicted molar refractivity (Wildman–Crippen MR) is 319 cm³/mol. The summed E-state index contributed by atoms with van der Waals surface area (Å²) in [6.07, 6.45) is 1.79. The molecule has 0 aromatic rings. The van der Waals surface area contributed by atoms with Gasteiger partial charge in [-0.3, -0.25) is 38.4 Å². The van der Waals surface area contributed by atoms with Gasteiger partial charge in [0.15, 0.2) is 0 Å². The molecule has 1 aliphatic carbocycles. The van der Waals surface area contributed by atoms with Gasteiger partial charge in [-0.25, -0.2) is 0 Å². The summed E-state index contributed by atoms with van der Waals surface area (Å²) in [6.45, 7) is 19.1. The average Bonchev–Trinajstić information content (AvgIpc) is 3.97. The number of ether oxygens (including phenoxy) is 10. The number of nitrogens with one attached hydrogen (secondary N) is 3. The highest BCUT2D eigenvalue weighted by atomic mass is 79.9. The maximum Gasteiger partial charge on any atom is 0.322 e. The minimum absolute atomic E-state index is 0.0481. The lowest BCUT2D eigenvalue weighted by molar-refractivity contribution is -0.161. The molecule has 0 heterocycles. The standard InChI is InChI=1S/C52H84Br6N4O18/c1-43(2,53)38(66)76-28-48(11,27-75-34-23-51(34,14)58)35(63)60-24-52(33-74-22-21-73-20-19-72-18-17-71-16-15-59,25-61-36(64)49(12,29-77-39(67)44(3,4)54)30-78-40(68)45(5,6)55)26-62-37(65)50(13,31-79-41(69)46(7,8)56)32-80-42(70)47(9,10)57/h23H,15-22,24-33,59H2,1-14H3,(H,60,63)(H,61,64)(H,62,65). The van der Waals surface area contributed by atoms with Gasteiger partial charge in [-0.2, -0.15) is 0 Å². The van der Waals surface area contributed by atoms with Gasteiger partial charge in [0, 0.05) is 31.6 Å². The molecule has 462 valence electrons. The van der Waals surface area contributed by atoms with Crippen molar-refractivity contribution in [3.05, 3.63) is 11.8 Å². The number of carbonyl (C=O) groups is 8. The molecule has 0 aromatic carbocycles. The number of amides is 3. The number of alkyl halides is 6. The Kier molecular flexibility index (Phi) is 30.8. The first kappa shape index (κ1) is 76.0. The van der Waals surface area contributed by atoms with Crippen LogP contribution in [-0.2, 0) is 85.7 Å². The number of hydrogen-bond acceptors (Lipinski definition) is 19. The molecule has 0 radical (unpaired) electrons. The fourth-order valence-electron chi connectivity index (χ4n) is 5.95. The Morgan fingerprint density at radius 2 is 0.662 bits per heavy atom. The smallest absolute Gasteiger partial charge is 0.322 e. The second kappa shape index (κ2) is 32.5. The van der Waals surface area contributed by atoms with E-state index in [1.54, 1.807) is 75.3 Å². The van der Waals surface area contributed by atoms with E-state index >= 15 is 0 Å². The fourth-order valence-corrected chi connectivity index (χ4v) is 6.84. The Morgan fingerprint density at radius 1 is 0.425 bits per heavy atom. The third-order valence-corrected chi connectivity index (χ3v) is 13.9. The summed E-state index contributed by atoms with van der Waals surface area (Å²) in [5.74, 6) is -5.26. The number of carbonyl (C=O) groups excluding carboxylic acids is 8. The Balaban J connectivity index is 4.02. The highest BCUT2D eigenvalue weighted by Gasteiger charge is 2.47. The molecule has 0 saturated carbocycles. The maximum atomic E-state index is 14.8. The lowest BCUT2D eigenvalue weighted by Gasteiger charge is -2.38. The van der Waals surface area contributed by atoms with Crippen LogP contribution in [0.4, 0.5) is 0 Å². The van der Waals surface area contributed by atoms with Gasteiger partial charge in [0.1, 0.15) is 87.6 Å². The molecular formula is C52H84Br6N4O18. The van der Waals surface area contributed by atoms with Crippen molar-refractivity contribution in [2.75, 3.05) is 119 Å². The first-order chi connectivity index (χ1) is 36.4. The largest absolute Gasteiger partial charge is 0.495 e. The zero-order valence-corrected chi connectivity index (χ0v) is 58.0. The van der Waals surface area contributed by atoms with Crippen LogP contribution in [0.3, 0.4) is 0 Å². The number of esters is 5. The molecule has 2 unspecified atom stereocenters. The highest BCUT2D eigenvalue weighted by Crippen LogP contribution is 2.44. The van der Waals surface area contributed by atoms with Crippen molar-refractivity contribution in [1.82, 2.24) is 16.0 Å². The quantitative estimate of drug-likeness (QED) is 0.0236. The zero-order chi connectivity index (χ0) is 61.8. The Bertz CT molecular complexity index is 1990. The lowest BCUT2D eigenvalue weighted by atomic mass is 9.84. The van der Waals surface area contributed by atoms with Crippen molar-refractivity contribution in [2.45, 2.75) is 123 Å². The molecule has 1 aliphatic rings. The van der Waals surface area contributed by atoms with Gasteiger partial charge >= 0.3 is 29.8 Å². The van der Waals surface area contributed by atoms with Gasteiger partial charge in [0.05, 0.1) is 52.9 Å². The van der Waals surface area contributed by atoms with Crippen molar-refractivity contribution < 1.29 is 85.7 Å². The number of allylic oxidation sites excluding steroid dienone is 2. The molecule has 2 atom stereocenters. The zero-order valence-electron chi connectivity index (χ0n) is 48.5. The minimum atomic E-state index is -1.75. The molecule has 0 fully saturated rings. The first-order valence-corrected chi connectivity index (χ1v) is 30.4. The minimum Gasteiger partial charge on any atom is -0.495 e. The Morgan fingerprint density at radius 3 is 0.900 bits per heavy atom. The molecule has 80 heavy (non-hydrogen) atoms. The molecule has 28 heteroatoms. The normalized spacial score (nSPS) is 16.0. The van der Waals surface area contributed by atoms with E-state index in [0.717, 1.165) is 0 Å². The van der Waals surface area contributed by atoms with Gasteiger partial charge in [-0.05, 0) is 103 Å². The summed E-state index contributed by atoms with van der Waals surface area (Å²) in [7, 11) is 0. The van der Waals surface area contributed by atoms with Gasteiger partial charge in [0.25, 0.3) is 0 Å². The SMILES string of the molecule is CC(C)(Br)C(=O)OCC(C)(COC(=O)C(C)(C)Br)C(=O)NCC(CNC(=O)C(C)(COC(=O)C(C)(C)Br)COC(=O)C(C)(C)Br)(CNC(=O)C(C)(COC(=O)C(C)(C)Br)COC1=CC1(C)Br)COCCOCCOCCOCCN. The summed E-state index contributed by atoms with van der Waals surface area (Å²) >= 11 is 19.9. The summed E-state index contributed by atoms with van der Waals surface area (Å²) in [4.78, 5) is 110. The second-order valence-corrected chi connectivity index (χ2v) is 34.6. The third-order valence-electron chi connectivity index (χ3n) is 11.7. The van der Waals surface area contributed by atoms with Crippen LogP contribution in [0.1, 0.15) is 96.9 Å². The number of nitrogens with two attached hydrogens (primary N) is 1. The summed E-state index contributed by atoms with van der Waals surface area (Å²) in [6, 6.07) is 0. The van der Waals surface area contributed by atoms with E-state index in [-0.39, 0.29) is 46.2 Å². The van der Waals surface area contributed by atoms with E-state index in [0.29, 0.717) is 32.1 Å². The number of hydrogen-bond donors (Lipinski definition) is 4. The molecular weight excluding hydrogens is 1450 g/mol. The first-order valence-electron chi connectivity index (χ1n) is 25.6. The molecule has 0 aromatic heterocycles.